The summed E-state index contributed by atoms with van der Waals surface area (Å²) >= 11 is 4.74. The van der Waals surface area contributed by atoms with E-state index in [1.165, 1.54) is 16.2 Å². The standard InChI is InChI=1S/C29H23BrN4O4S/c1-4-38-19-11-12-20-21(14-19)39-29(31-20)34-24(17-7-9-18(30)10-8-17)22(26(36)28(34)37)25(35)23-16(3)33-13-5-6-15(2)27(33)32-23/h5-14,24,35H,4H2,1-3H3/b25-22+. The maximum absolute atomic E-state index is 13.6. The zero-order valence-electron chi connectivity index (χ0n) is 21.3. The number of hydrogen-bond acceptors (Lipinski definition) is 7. The van der Waals surface area contributed by atoms with Crippen LogP contribution in [-0.4, -0.2) is 37.8 Å². The van der Waals surface area contributed by atoms with Crippen LogP contribution in [0.5, 0.6) is 5.75 Å². The molecule has 1 fully saturated rings. The molecule has 1 amide bonds. The highest BCUT2D eigenvalue weighted by Gasteiger charge is 2.48. The van der Waals surface area contributed by atoms with Gasteiger partial charge in [-0.25, -0.2) is 9.97 Å². The van der Waals surface area contributed by atoms with E-state index >= 15 is 0 Å². The van der Waals surface area contributed by atoms with Crippen molar-refractivity contribution in [3.05, 3.63) is 93.4 Å². The SMILES string of the molecule is CCOc1ccc2nc(N3C(=O)C(=O)/C(=C(/O)c4nc5c(C)cccn5c4C)C3c3ccc(Br)cc3)sc2c1. The second kappa shape index (κ2) is 9.62. The molecular formula is C29H23BrN4O4S. The Bertz CT molecular complexity index is 1820. The number of pyridine rings is 1. The first-order chi connectivity index (χ1) is 18.8. The predicted octanol–water partition coefficient (Wildman–Crippen LogP) is 6.35. The number of aliphatic hydroxyl groups excluding tert-OH is 1. The van der Waals surface area contributed by atoms with Crippen LogP contribution in [0.15, 0.2) is 70.8 Å². The lowest BCUT2D eigenvalue weighted by Crippen LogP contribution is -2.29. The molecule has 2 aromatic carbocycles. The summed E-state index contributed by atoms with van der Waals surface area (Å²) in [4.78, 5) is 37.9. The molecule has 0 spiro atoms. The number of carbonyl (C=O) groups excluding carboxylic acids is 2. The van der Waals surface area contributed by atoms with E-state index in [1.54, 1.807) is 0 Å². The number of rotatable bonds is 5. The van der Waals surface area contributed by atoms with Gasteiger partial charge in [0.2, 0.25) is 0 Å². The van der Waals surface area contributed by atoms with Crippen LogP contribution in [0, 0.1) is 13.8 Å². The van der Waals surface area contributed by atoms with Crippen molar-refractivity contribution in [3.63, 3.8) is 0 Å². The zero-order valence-corrected chi connectivity index (χ0v) is 23.7. The molecule has 6 rings (SSSR count). The fraction of sp³-hybridized carbons (Fsp3) is 0.172. The Kier molecular flexibility index (Phi) is 6.23. The van der Waals surface area contributed by atoms with E-state index < -0.39 is 17.7 Å². The number of imidazole rings is 1. The van der Waals surface area contributed by atoms with Gasteiger partial charge in [0.1, 0.15) is 17.1 Å². The lowest BCUT2D eigenvalue weighted by Gasteiger charge is -2.22. The fourth-order valence-corrected chi connectivity index (χ4v) is 6.20. The van der Waals surface area contributed by atoms with Gasteiger partial charge in [0.05, 0.1) is 34.1 Å². The first kappa shape index (κ1) is 25.3. The van der Waals surface area contributed by atoms with Crippen LogP contribution in [-0.2, 0) is 9.59 Å². The summed E-state index contributed by atoms with van der Waals surface area (Å²) in [5.41, 5.74) is 3.83. The number of anilines is 1. The maximum atomic E-state index is 13.6. The number of benzene rings is 2. The molecule has 1 aliphatic heterocycles. The van der Waals surface area contributed by atoms with Gasteiger partial charge in [-0.3, -0.25) is 14.5 Å². The van der Waals surface area contributed by atoms with Crippen molar-refractivity contribution in [1.29, 1.82) is 0 Å². The number of ketones is 1. The Morgan fingerprint density at radius 1 is 1.10 bits per heavy atom. The van der Waals surface area contributed by atoms with Crippen LogP contribution >= 0.6 is 27.3 Å². The summed E-state index contributed by atoms with van der Waals surface area (Å²) in [5.74, 6) is -1.16. The van der Waals surface area contributed by atoms with Crippen molar-refractivity contribution in [2.24, 2.45) is 0 Å². The first-order valence-corrected chi connectivity index (χ1v) is 13.9. The van der Waals surface area contributed by atoms with Crippen molar-refractivity contribution in [1.82, 2.24) is 14.4 Å². The topological polar surface area (TPSA) is 97.0 Å². The molecule has 4 heterocycles. The first-order valence-electron chi connectivity index (χ1n) is 12.3. The summed E-state index contributed by atoms with van der Waals surface area (Å²) in [6.45, 7) is 6.18. The molecule has 0 radical (unpaired) electrons. The highest BCUT2D eigenvalue weighted by atomic mass is 79.9. The van der Waals surface area contributed by atoms with E-state index in [0.29, 0.717) is 39.9 Å². The number of ether oxygens (including phenoxy) is 1. The molecule has 0 bridgehead atoms. The van der Waals surface area contributed by atoms with E-state index in [0.717, 1.165) is 14.7 Å². The van der Waals surface area contributed by atoms with E-state index in [2.05, 4.69) is 25.9 Å². The average Bonchev–Trinajstić information content (AvgIpc) is 3.57. The van der Waals surface area contributed by atoms with Crippen LogP contribution in [0.1, 0.15) is 35.5 Å². The van der Waals surface area contributed by atoms with Gasteiger partial charge >= 0.3 is 5.91 Å². The Morgan fingerprint density at radius 3 is 2.59 bits per heavy atom. The number of carbonyl (C=O) groups is 2. The molecule has 1 N–H and O–H groups in total. The second-order valence-corrected chi connectivity index (χ2v) is 11.1. The van der Waals surface area contributed by atoms with Crippen molar-refractivity contribution in [2.75, 3.05) is 11.5 Å². The Hall–Kier alpha value is -4.02. The number of halogens is 1. The molecule has 1 unspecified atom stereocenters. The van der Waals surface area contributed by atoms with Crippen molar-refractivity contribution >= 4 is 65.7 Å². The smallest absolute Gasteiger partial charge is 0.301 e. The number of aryl methyl sites for hydroxylation is 2. The van der Waals surface area contributed by atoms with E-state index in [4.69, 9.17) is 4.74 Å². The lowest BCUT2D eigenvalue weighted by molar-refractivity contribution is -0.132. The highest BCUT2D eigenvalue weighted by molar-refractivity contribution is 9.10. The molecular weight excluding hydrogens is 580 g/mol. The Balaban J connectivity index is 1.56. The van der Waals surface area contributed by atoms with Gasteiger partial charge in [0.25, 0.3) is 5.78 Å². The van der Waals surface area contributed by atoms with Crippen LogP contribution < -0.4 is 9.64 Å². The van der Waals surface area contributed by atoms with Gasteiger partial charge in [0.15, 0.2) is 10.9 Å². The van der Waals surface area contributed by atoms with Gasteiger partial charge in [0, 0.05) is 10.7 Å². The average molecular weight is 603 g/mol. The summed E-state index contributed by atoms with van der Waals surface area (Å²) in [5, 5.41) is 12.0. The zero-order chi connectivity index (χ0) is 27.4. The number of aromatic nitrogens is 3. The maximum Gasteiger partial charge on any atom is 0.301 e. The predicted molar refractivity (Wildman–Crippen MR) is 154 cm³/mol. The van der Waals surface area contributed by atoms with E-state index in [9.17, 15) is 14.7 Å². The number of amides is 1. The minimum atomic E-state index is -0.893. The highest BCUT2D eigenvalue weighted by Crippen LogP contribution is 2.45. The summed E-state index contributed by atoms with van der Waals surface area (Å²) in [7, 11) is 0. The Labute approximate surface area is 236 Å². The van der Waals surface area contributed by atoms with Crippen LogP contribution in [0.2, 0.25) is 0 Å². The minimum absolute atomic E-state index is 0.0271. The van der Waals surface area contributed by atoms with Gasteiger partial charge in [-0.15, -0.1) is 0 Å². The molecule has 5 aromatic rings. The fourth-order valence-electron chi connectivity index (χ4n) is 4.92. The van der Waals surface area contributed by atoms with E-state index in [-0.39, 0.29) is 17.0 Å². The minimum Gasteiger partial charge on any atom is -0.505 e. The van der Waals surface area contributed by atoms with E-state index in [1.807, 2.05) is 86.0 Å². The molecule has 196 valence electrons. The third kappa shape index (κ3) is 4.11. The monoisotopic (exact) mass is 602 g/mol. The van der Waals surface area contributed by atoms with Crippen molar-refractivity contribution in [2.45, 2.75) is 26.8 Å². The molecule has 8 nitrogen and oxygen atoms in total. The third-order valence-corrected chi connectivity index (χ3v) is 8.35. The number of nitrogens with zero attached hydrogens (tertiary/aromatic N) is 4. The normalized spacial score (nSPS) is 17.0. The van der Waals surface area contributed by atoms with Gasteiger partial charge in [-0.2, -0.15) is 0 Å². The molecule has 1 saturated heterocycles. The number of fused-ring (bicyclic) bond motifs is 2. The van der Waals surface area contributed by atoms with Crippen LogP contribution in [0.3, 0.4) is 0 Å². The van der Waals surface area contributed by atoms with Crippen LogP contribution in [0.25, 0.3) is 21.6 Å². The molecule has 39 heavy (non-hydrogen) atoms. The molecule has 1 atom stereocenters. The van der Waals surface area contributed by atoms with Crippen molar-refractivity contribution in [3.8, 4) is 5.75 Å². The summed E-state index contributed by atoms with van der Waals surface area (Å²) in [6, 6.07) is 15.8. The number of hydrogen-bond donors (Lipinski definition) is 1. The van der Waals surface area contributed by atoms with Gasteiger partial charge < -0.3 is 14.2 Å². The van der Waals surface area contributed by atoms with Gasteiger partial charge in [-0.1, -0.05) is 45.5 Å². The molecule has 0 aliphatic carbocycles. The van der Waals surface area contributed by atoms with Crippen LogP contribution in [0.4, 0.5) is 5.13 Å². The third-order valence-electron chi connectivity index (χ3n) is 6.80. The molecule has 1 aliphatic rings. The number of thiazole rings is 1. The lowest BCUT2D eigenvalue weighted by atomic mass is 9.96. The summed E-state index contributed by atoms with van der Waals surface area (Å²) in [6.07, 6.45) is 1.85. The molecule has 3 aromatic heterocycles. The number of Topliss-reactive ketones (excluding diaryl/α,β-unsaturated/α-hetero) is 1. The molecule has 0 saturated carbocycles. The summed E-state index contributed by atoms with van der Waals surface area (Å²) < 4.78 is 9.14. The van der Waals surface area contributed by atoms with Gasteiger partial charge in [-0.05, 0) is 68.3 Å². The quantitative estimate of drug-likeness (QED) is 0.143. The molecule has 10 heteroatoms. The number of aliphatic hydroxyl groups is 1. The second-order valence-electron chi connectivity index (χ2n) is 9.21. The Morgan fingerprint density at radius 2 is 1.87 bits per heavy atom. The largest absolute Gasteiger partial charge is 0.505 e. The van der Waals surface area contributed by atoms with Crippen molar-refractivity contribution < 1.29 is 19.4 Å².